The van der Waals surface area contributed by atoms with Crippen LogP contribution in [0.2, 0.25) is 0 Å². The first-order valence-electron chi connectivity index (χ1n) is 32.7. The molecular weight excluding hydrogens is 1230 g/mol. The molecule has 0 heterocycles. The monoisotopic (exact) mass is 1310 g/mol. The van der Waals surface area contributed by atoms with E-state index in [9.17, 15) is 0 Å². The molecule has 0 radical (unpaired) electrons. The molecule has 2 unspecified atom stereocenters. The van der Waals surface area contributed by atoms with Gasteiger partial charge in [0.2, 0.25) is 0 Å². The lowest BCUT2D eigenvalue weighted by Crippen LogP contribution is -2.30. The maximum absolute atomic E-state index is 3.72. The van der Waals surface area contributed by atoms with Crippen LogP contribution in [0, 0.1) is 0 Å². The third-order valence-corrected chi connectivity index (χ3v) is 20.7. The van der Waals surface area contributed by atoms with E-state index >= 15 is 0 Å². The quantitative estimate of drug-likeness (QED) is 0.0951. The van der Waals surface area contributed by atoms with Crippen molar-refractivity contribution >= 4 is 65.9 Å². The summed E-state index contributed by atoms with van der Waals surface area (Å²) in [5.41, 5.74) is 28.8. The Balaban J connectivity index is 0.816. The number of halogens is 2. The molecule has 0 bridgehead atoms. The number of aryl methyl sites for hydroxylation is 2. The van der Waals surface area contributed by atoms with E-state index in [1.165, 1.54) is 112 Å². The maximum Gasteiger partial charge on any atom is 0.0560 e. The molecule has 91 heavy (non-hydrogen) atoms. The van der Waals surface area contributed by atoms with Gasteiger partial charge in [-0.25, -0.2) is 0 Å². The minimum Gasteiger partial charge on any atom is -0.334 e. The zero-order valence-electron chi connectivity index (χ0n) is 53.2. The Hall–Kier alpha value is -8.54. The molecule has 0 aromatic heterocycles. The third-order valence-electron chi connectivity index (χ3n) is 19.7. The Morgan fingerprint density at radius 3 is 1.21 bits per heavy atom. The second kappa shape index (κ2) is 24.9. The molecule has 0 saturated carbocycles. The lowest BCUT2D eigenvalue weighted by atomic mass is 9.72. The average Bonchev–Trinajstić information content (AvgIpc) is 1.53. The first-order valence-corrected chi connectivity index (χ1v) is 34.3. The van der Waals surface area contributed by atoms with E-state index in [0.29, 0.717) is 0 Å². The summed E-state index contributed by atoms with van der Waals surface area (Å²) < 4.78 is 2.16. The molecule has 14 rings (SSSR count). The minimum atomic E-state index is -0.172. The van der Waals surface area contributed by atoms with Crippen molar-refractivity contribution in [2.24, 2.45) is 0 Å². The van der Waals surface area contributed by atoms with Crippen LogP contribution in [0.1, 0.15) is 113 Å². The number of hydrogen-bond acceptors (Lipinski definition) is 2. The molecule has 0 saturated heterocycles. The van der Waals surface area contributed by atoms with E-state index in [0.717, 1.165) is 71.0 Å². The molecule has 3 aliphatic carbocycles. The maximum atomic E-state index is 3.72. The predicted octanol–water partition coefficient (Wildman–Crippen LogP) is 25.1. The van der Waals surface area contributed by atoms with Gasteiger partial charge in [0.1, 0.15) is 0 Å². The van der Waals surface area contributed by atoms with Crippen molar-refractivity contribution < 1.29 is 0 Å². The van der Waals surface area contributed by atoms with Gasteiger partial charge in [0.15, 0.2) is 0 Å². The van der Waals surface area contributed by atoms with Crippen LogP contribution in [-0.2, 0) is 29.1 Å². The van der Waals surface area contributed by atoms with Crippen molar-refractivity contribution in [3.05, 3.63) is 321 Å². The van der Waals surface area contributed by atoms with Crippen LogP contribution >= 0.6 is 31.9 Å². The number of benzene rings is 11. The first kappa shape index (κ1) is 60.0. The number of nitrogens with zero attached hydrogens (tertiary/aromatic N) is 2. The van der Waals surface area contributed by atoms with Crippen LogP contribution in [0.4, 0.5) is 28.4 Å². The van der Waals surface area contributed by atoms with Gasteiger partial charge in [-0.2, -0.15) is 0 Å². The summed E-state index contributed by atoms with van der Waals surface area (Å²) in [4.78, 5) is 4.97. The van der Waals surface area contributed by atoms with Crippen LogP contribution in [0.3, 0.4) is 0 Å². The first-order chi connectivity index (χ1) is 44.2. The highest BCUT2D eigenvalue weighted by molar-refractivity contribution is 9.10. The molecule has 0 amide bonds. The molecular formula is C87H78Br2N2. The van der Waals surface area contributed by atoms with Gasteiger partial charge >= 0.3 is 0 Å². The lowest BCUT2D eigenvalue weighted by molar-refractivity contribution is 0.350. The summed E-state index contributed by atoms with van der Waals surface area (Å²) >= 11 is 7.43. The van der Waals surface area contributed by atoms with E-state index < -0.39 is 0 Å². The lowest BCUT2D eigenvalue weighted by Gasteiger charge is -2.34. The SMILES string of the molecule is CCCc1ccc(-c2ccc(N(c3ccc(-c4cccc(Br)c4)cc3)c3cccc(-c4ccc5c(c4)C4(CC5(C)C)CC(C)(C)c5ccc(-c6cccc(N(c7ccc(-c8ccc(CCC)cc8)cc7)C7C=CC(c8cccc(Br)c8)=CC7)c6)cc54)c3)cc2)cc1. The summed E-state index contributed by atoms with van der Waals surface area (Å²) in [7, 11) is 0. The smallest absolute Gasteiger partial charge is 0.0560 e. The standard InChI is InChI=1S/C87H78Br2N2/c1-7-13-59-23-27-61(28-24-59)63-31-41-75(42-32-63)90(77-45-35-65(36-46-77)67-15-9-19-73(88)51-67)79-21-11-17-69(53-79)71-39-49-81-83(55-71)87(57-85(81,3)4)58-86(5,6)82-50-40-72(56-84(82)87)70-18-12-22-80(54-70)91(78-47-37-66(38-48-78)68-16-10-20-74(89)52-68)76-43-33-64(34-44-76)62-29-25-60(14-8-2)26-30-62/h9-12,15-47,49-56,78H,7-8,13-14,48,57-58H2,1-6H3. The number of anilines is 5. The van der Waals surface area contributed by atoms with E-state index in [4.69, 9.17) is 0 Å². The Labute approximate surface area is 557 Å². The summed E-state index contributed by atoms with van der Waals surface area (Å²) in [6.07, 6.45) is 14.6. The van der Waals surface area contributed by atoms with Crippen molar-refractivity contribution in [3.8, 4) is 55.6 Å². The van der Waals surface area contributed by atoms with Crippen molar-refractivity contribution in [2.45, 2.75) is 109 Å². The van der Waals surface area contributed by atoms with E-state index in [1.807, 2.05) is 0 Å². The van der Waals surface area contributed by atoms with Gasteiger partial charge < -0.3 is 9.80 Å². The Bertz CT molecular complexity index is 4530. The number of hydrogen-bond donors (Lipinski definition) is 0. The highest BCUT2D eigenvalue weighted by Gasteiger charge is 2.56. The van der Waals surface area contributed by atoms with Crippen LogP contribution in [-0.4, -0.2) is 6.04 Å². The summed E-state index contributed by atoms with van der Waals surface area (Å²) in [5.74, 6) is 0. The topological polar surface area (TPSA) is 6.48 Å². The number of fused-ring (bicyclic) bond motifs is 4. The predicted molar refractivity (Wildman–Crippen MR) is 395 cm³/mol. The summed E-state index contributed by atoms with van der Waals surface area (Å²) in [6.45, 7) is 14.4. The molecule has 11 aromatic carbocycles. The average molecular weight is 1310 g/mol. The summed E-state index contributed by atoms with van der Waals surface area (Å²) in [6, 6.07) is 96.4. The van der Waals surface area contributed by atoms with Gasteiger partial charge in [-0.3, -0.25) is 0 Å². The second-order valence-corrected chi connectivity index (χ2v) is 28.7. The van der Waals surface area contributed by atoms with E-state index in [2.05, 4.69) is 356 Å². The largest absolute Gasteiger partial charge is 0.334 e. The fourth-order valence-corrected chi connectivity index (χ4v) is 16.2. The van der Waals surface area contributed by atoms with Crippen molar-refractivity contribution in [1.82, 2.24) is 0 Å². The van der Waals surface area contributed by atoms with Crippen LogP contribution in [0.25, 0.3) is 61.2 Å². The molecule has 0 fully saturated rings. The number of allylic oxidation sites excluding steroid dienone is 2. The van der Waals surface area contributed by atoms with Gasteiger partial charge in [0.05, 0.1) is 6.04 Å². The highest BCUT2D eigenvalue weighted by Crippen LogP contribution is 2.63. The van der Waals surface area contributed by atoms with Crippen molar-refractivity contribution in [3.63, 3.8) is 0 Å². The van der Waals surface area contributed by atoms with Gasteiger partial charge in [-0.15, -0.1) is 0 Å². The molecule has 0 aliphatic heterocycles. The zero-order valence-corrected chi connectivity index (χ0v) is 56.3. The minimum absolute atomic E-state index is 0.0273. The normalized spacial score (nSPS) is 16.7. The fourth-order valence-electron chi connectivity index (χ4n) is 15.4. The molecule has 2 atom stereocenters. The van der Waals surface area contributed by atoms with Gasteiger partial charge in [-0.1, -0.05) is 262 Å². The summed E-state index contributed by atoms with van der Waals surface area (Å²) in [5, 5.41) is 0. The van der Waals surface area contributed by atoms with Crippen molar-refractivity contribution in [2.75, 3.05) is 9.80 Å². The highest BCUT2D eigenvalue weighted by atomic mass is 79.9. The van der Waals surface area contributed by atoms with Crippen LogP contribution < -0.4 is 9.80 Å². The molecule has 11 aromatic rings. The molecule has 4 heteroatoms. The van der Waals surface area contributed by atoms with Gasteiger partial charge in [0, 0.05) is 42.8 Å². The van der Waals surface area contributed by atoms with E-state index in [-0.39, 0.29) is 22.3 Å². The van der Waals surface area contributed by atoms with Crippen LogP contribution in [0.5, 0.6) is 0 Å². The van der Waals surface area contributed by atoms with E-state index in [1.54, 1.807) is 0 Å². The number of rotatable bonds is 16. The molecule has 450 valence electrons. The van der Waals surface area contributed by atoms with Crippen LogP contribution in [0.15, 0.2) is 282 Å². The third kappa shape index (κ3) is 12.0. The molecule has 1 spiro atoms. The van der Waals surface area contributed by atoms with Crippen molar-refractivity contribution in [1.29, 1.82) is 0 Å². The van der Waals surface area contributed by atoms with Gasteiger partial charge in [-0.05, 0) is 240 Å². The zero-order chi connectivity index (χ0) is 62.4. The Kier molecular flexibility index (Phi) is 16.4. The fraction of sp³-hybridized carbons (Fsp3) is 0.195. The molecule has 3 aliphatic rings. The Morgan fingerprint density at radius 1 is 0.363 bits per heavy atom. The molecule has 2 nitrogen and oxygen atoms in total. The second-order valence-electron chi connectivity index (χ2n) is 26.9. The van der Waals surface area contributed by atoms with Gasteiger partial charge in [0.25, 0.3) is 0 Å². The molecule has 0 N–H and O–H groups in total. The Morgan fingerprint density at radius 2 is 0.747 bits per heavy atom.